The summed E-state index contributed by atoms with van der Waals surface area (Å²) in [5.74, 6) is -0.411. The molecule has 0 aliphatic carbocycles. The first kappa shape index (κ1) is 20.4. The van der Waals surface area contributed by atoms with E-state index in [1.807, 2.05) is 0 Å². The number of carbonyl (C=O) groups is 1. The maximum absolute atomic E-state index is 12.7. The highest BCUT2D eigenvalue weighted by atomic mass is 32.2. The number of phenols is 1. The first-order valence-corrected chi connectivity index (χ1v) is 9.40. The zero-order chi connectivity index (χ0) is 20.0. The van der Waals surface area contributed by atoms with Crippen molar-refractivity contribution in [2.75, 3.05) is 20.7 Å². The number of para-hydroxylation sites is 1. The summed E-state index contributed by atoms with van der Waals surface area (Å²) in [6, 6.07) is 11.2. The Morgan fingerprint density at radius 3 is 2.67 bits per heavy atom. The van der Waals surface area contributed by atoms with Gasteiger partial charge in [0.05, 0.1) is 19.9 Å². The number of nitrogens with zero attached hydrogens (tertiary/aromatic N) is 2. The van der Waals surface area contributed by atoms with Gasteiger partial charge in [-0.1, -0.05) is 18.2 Å². The van der Waals surface area contributed by atoms with Crippen LogP contribution < -0.4 is 10.2 Å². The molecule has 0 aromatic heterocycles. The van der Waals surface area contributed by atoms with Gasteiger partial charge < -0.3 is 9.84 Å². The summed E-state index contributed by atoms with van der Waals surface area (Å²) in [5.41, 5.74) is 3.40. The Labute approximate surface area is 158 Å². The first-order valence-electron chi connectivity index (χ1n) is 7.96. The fourth-order valence-corrected chi connectivity index (χ4v) is 3.61. The second-order valence-electron chi connectivity index (χ2n) is 5.77. The highest BCUT2D eigenvalue weighted by Gasteiger charge is 2.26. The summed E-state index contributed by atoms with van der Waals surface area (Å²) < 4.78 is 31.5. The molecule has 9 heteroatoms. The van der Waals surface area contributed by atoms with Crippen LogP contribution in [0.25, 0.3) is 0 Å². The van der Waals surface area contributed by atoms with E-state index in [1.165, 1.54) is 32.5 Å². The number of ether oxygens (including phenoxy) is 1. The molecule has 144 valence electrons. The number of nitrogens with one attached hydrogen (secondary N) is 1. The van der Waals surface area contributed by atoms with Crippen LogP contribution in [0.3, 0.4) is 0 Å². The van der Waals surface area contributed by atoms with Crippen molar-refractivity contribution in [2.24, 2.45) is 5.10 Å². The number of aromatic hydroxyl groups is 1. The van der Waals surface area contributed by atoms with Gasteiger partial charge in [0, 0.05) is 12.6 Å². The van der Waals surface area contributed by atoms with Gasteiger partial charge in [-0.2, -0.15) is 9.41 Å². The molecule has 1 amide bonds. The van der Waals surface area contributed by atoms with Gasteiger partial charge in [0.2, 0.25) is 10.0 Å². The largest absolute Gasteiger partial charge is 0.507 e. The fraction of sp³-hybridized carbons (Fsp3) is 0.222. The molecule has 0 fully saturated rings. The average molecular weight is 391 g/mol. The Morgan fingerprint density at radius 2 is 2.00 bits per heavy atom. The molecule has 0 spiro atoms. The highest BCUT2D eigenvalue weighted by molar-refractivity contribution is 7.89. The predicted octanol–water partition coefficient (Wildman–Crippen LogP) is 1.48. The molecule has 0 bridgehead atoms. The number of likely N-dealkylation sites (N-methyl/N-ethyl adjacent to an activating group) is 1. The van der Waals surface area contributed by atoms with Crippen molar-refractivity contribution in [2.45, 2.75) is 11.8 Å². The third-order valence-corrected chi connectivity index (χ3v) is 5.53. The second-order valence-corrected chi connectivity index (χ2v) is 7.78. The Morgan fingerprint density at radius 1 is 1.30 bits per heavy atom. The highest BCUT2D eigenvalue weighted by Crippen LogP contribution is 2.27. The van der Waals surface area contributed by atoms with Crippen LogP contribution in [0.15, 0.2) is 52.5 Å². The van der Waals surface area contributed by atoms with Gasteiger partial charge in [0.15, 0.2) is 0 Å². The normalized spacial score (nSPS) is 11.7. The minimum absolute atomic E-state index is 0.0155. The molecule has 0 aliphatic heterocycles. The van der Waals surface area contributed by atoms with Crippen LogP contribution in [0, 0.1) is 6.92 Å². The van der Waals surface area contributed by atoms with Gasteiger partial charge in [0.1, 0.15) is 16.4 Å². The van der Waals surface area contributed by atoms with Crippen LogP contribution in [0.1, 0.15) is 11.1 Å². The van der Waals surface area contributed by atoms with Crippen molar-refractivity contribution >= 4 is 22.1 Å². The summed E-state index contributed by atoms with van der Waals surface area (Å²) >= 11 is 0. The molecule has 0 heterocycles. The standard InChI is InChI=1S/C18H21N3O5S/c1-13-8-9-16(26-3)17(10-13)27(24,25)21(2)12-18(23)20-19-11-14-6-4-5-7-15(14)22/h4-11,22H,12H2,1-3H3,(H,20,23)/b19-11+. The van der Waals surface area contributed by atoms with Crippen LogP contribution >= 0.6 is 0 Å². The molecule has 8 nitrogen and oxygen atoms in total. The Balaban J connectivity index is 2.07. The monoisotopic (exact) mass is 391 g/mol. The number of carbonyl (C=O) groups excluding carboxylic acids is 1. The molecular weight excluding hydrogens is 370 g/mol. The summed E-state index contributed by atoms with van der Waals surface area (Å²) in [6.07, 6.45) is 1.27. The minimum Gasteiger partial charge on any atom is -0.507 e. The topological polar surface area (TPSA) is 108 Å². The first-order chi connectivity index (χ1) is 12.8. The smallest absolute Gasteiger partial charge is 0.255 e. The number of benzene rings is 2. The average Bonchev–Trinajstić information content (AvgIpc) is 2.63. The number of hydrogen-bond acceptors (Lipinski definition) is 6. The lowest BCUT2D eigenvalue weighted by Gasteiger charge is -2.18. The molecule has 2 aromatic rings. The summed E-state index contributed by atoms with van der Waals surface area (Å²) in [4.78, 5) is 12.0. The fourth-order valence-electron chi connectivity index (χ4n) is 2.25. The zero-order valence-electron chi connectivity index (χ0n) is 15.2. The van der Waals surface area contributed by atoms with Crippen LogP contribution in [0.5, 0.6) is 11.5 Å². The zero-order valence-corrected chi connectivity index (χ0v) is 16.0. The number of hydrogen-bond donors (Lipinski definition) is 2. The molecule has 2 N–H and O–H groups in total. The maximum Gasteiger partial charge on any atom is 0.255 e. The van der Waals surface area contributed by atoms with E-state index in [0.29, 0.717) is 5.56 Å². The van der Waals surface area contributed by atoms with Crippen molar-refractivity contribution in [3.63, 3.8) is 0 Å². The number of methoxy groups -OCH3 is 1. The minimum atomic E-state index is -3.93. The van der Waals surface area contributed by atoms with Gasteiger partial charge >= 0.3 is 0 Å². The molecule has 2 aromatic carbocycles. The molecule has 0 radical (unpaired) electrons. The number of sulfonamides is 1. The third-order valence-electron chi connectivity index (χ3n) is 3.70. The number of amides is 1. The van der Waals surface area contributed by atoms with Crippen LogP contribution in [0.2, 0.25) is 0 Å². The molecular formula is C18H21N3O5S. The quantitative estimate of drug-likeness (QED) is 0.549. The van der Waals surface area contributed by atoms with Crippen molar-refractivity contribution in [1.29, 1.82) is 0 Å². The van der Waals surface area contributed by atoms with Gasteiger partial charge in [-0.25, -0.2) is 13.8 Å². The SMILES string of the molecule is COc1ccc(C)cc1S(=O)(=O)N(C)CC(=O)N/N=C/c1ccccc1O. The lowest BCUT2D eigenvalue weighted by atomic mass is 10.2. The van der Waals surface area contributed by atoms with Gasteiger partial charge in [-0.3, -0.25) is 4.79 Å². The summed E-state index contributed by atoms with van der Waals surface area (Å²) in [5, 5.41) is 13.3. The second kappa shape index (κ2) is 8.65. The number of hydrazone groups is 1. The summed E-state index contributed by atoms with van der Waals surface area (Å²) in [7, 11) is -1.25. The van der Waals surface area contributed by atoms with Crippen LogP contribution in [0.4, 0.5) is 0 Å². The maximum atomic E-state index is 12.7. The van der Waals surface area contributed by atoms with Crippen molar-refractivity contribution in [3.05, 3.63) is 53.6 Å². The van der Waals surface area contributed by atoms with E-state index in [-0.39, 0.29) is 16.4 Å². The van der Waals surface area contributed by atoms with E-state index in [9.17, 15) is 18.3 Å². The van der Waals surface area contributed by atoms with E-state index in [0.717, 1.165) is 9.87 Å². The molecule has 0 atom stereocenters. The van der Waals surface area contributed by atoms with Crippen molar-refractivity contribution in [1.82, 2.24) is 9.73 Å². The summed E-state index contributed by atoms with van der Waals surface area (Å²) in [6.45, 7) is 1.33. The molecule has 0 saturated heterocycles. The van der Waals surface area contributed by atoms with E-state index >= 15 is 0 Å². The predicted molar refractivity (Wildman–Crippen MR) is 101 cm³/mol. The number of aryl methyl sites for hydroxylation is 1. The van der Waals surface area contributed by atoms with E-state index in [2.05, 4.69) is 10.5 Å². The number of phenolic OH excluding ortho intramolecular Hbond substituents is 1. The molecule has 0 saturated carbocycles. The van der Waals surface area contributed by atoms with E-state index in [4.69, 9.17) is 4.74 Å². The third kappa shape index (κ3) is 5.05. The molecule has 0 unspecified atom stereocenters. The Bertz CT molecular complexity index is 957. The lowest BCUT2D eigenvalue weighted by molar-refractivity contribution is -0.121. The van der Waals surface area contributed by atoms with Gasteiger partial charge in [-0.05, 0) is 36.8 Å². The number of rotatable bonds is 7. The van der Waals surface area contributed by atoms with Crippen LogP contribution in [-0.4, -0.2) is 50.7 Å². The van der Waals surface area contributed by atoms with Crippen molar-refractivity contribution < 1.29 is 23.1 Å². The van der Waals surface area contributed by atoms with Gasteiger partial charge in [0.25, 0.3) is 5.91 Å². The lowest BCUT2D eigenvalue weighted by Crippen LogP contribution is -2.36. The van der Waals surface area contributed by atoms with E-state index in [1.54, 1.807) is 37.3 Å². The molecule has 0 aliphatic rings. The Hall–Kier alpha value is -2.91. The van der Waals surface area contributed by atoms with E-state index < -0.39 is 22.5 Å². The molecule has 27 heavy (non-hydrogen) atoms. The van der Waals surface area contributed by atoms with Gasteiger partial charge in [-0.15, -0.1) is 0 Å². The van der Waals surface area contributed by atoms with Crippen LogP contribution in [-0.2, 0) is 14.8 Å². The Kier molecular flexibility index (Phi) is 6.54. The molecule has 2 rings (SSSR count). The van der Waals surface area contributed by atoms with Crippen molar-refractivity contribution in [3.8, 4) is 11.5 Å².